The fourth-order valence-electron chi connectivity index (χ4n) is 3.27. The summed E-state index contributed by atoms with van der Waals surface area (Å²) in [4.78, 5) is 26.5. The minimum atomic E-state index is 0.0396. The molecule has 3 rings (SSSR count). The first-order valence-electron chi connectivity index (χ1n) is 8.98. The number of halogens is 1. The van der Waals surface area contributed by atoms with Crippen molar-refractivity contribution in [2.24, 2.45) is 5.92 Å². The van der Waals surface area contributed by atoms with E-state index in [1.807, 2.05) is 59.5 Å². The number of carbonyl (C=O) groups excluding carboxylic acids is 2. The van der Waals surface area contributed by atoms with E-state index in [1.165, 1.54) is 0 Å². The topological polar surface area (TPSA) is 49.4 Å². The van der Waals surface area contributed by atoms with Gasteiger partial charge in [-0.05, 0) is 42.5 Å². The summed E-state index contributed by atoms with van der Waals surface area (Å²) < 4.78 is 0. The lowest BCUT2D eigenvalue weighted by Crippen LogP contribution is -2.39. The van der Waals surface area contributed by atoms with Crippen molar-refractivity contribution in [1.82, 2.24) is 10.2 Å². The van der Waals surface area contributed by atoms with E-state index in [4.69, 9.17) is 11.6 Å². The number of benzene rings is 2. The molecule has 0 spiro atoms. The first-order chi connectivity index (χ1) is 12.6. The van der Waals surface area contributed by atoms with E-state index >= 15 is 0 Å². The largest absolute Gasteiger partial charge is 0.352 e. The lowest BCUT2D eigenvalue weighted by atomic mass is 9.93. The number of hydrogen-bond donors (Lipinski definition) is 1. The van der Waals surface area contributed by atoms with E-state index in [0.717, 1.165) is 24.0 Å². The molecule has 5 heteroatoms. The van der Waals surface area contributed by atoms with Crippen molar-refractivity contribution in [2.75, 3.05) is 13.1 Å². The molecule has 2 amide bonds. The predicted molar refractivity (Wildman–Crippen MR) is 103 cm³/mol. The second-order valence-electron chi connectivity index (χ2n) is 6.67. The highest BCUT2D eigenvalue weighted by Crippen LogP contribution is 2.22. The Hall–Kier alpha value is -2.33. The maximum atomic E-state index is 12.5. The Bertz CT molecular complexity index is 756. The van der Waals surface area contributed by atoms with Crippen LogP contribution in [0.4, 0.5) is 0 Å². The van der Waals surface area contributed by atoms with E-state index in [0.29, 0.717) is 37.0 Å². The molecule has 0 bridgehead atoms. The Morgan fingerprint density at radius 1 is 1.00 bits per heavy atom. The van der Waals surface area contributed by atoms with Crippen LogP contribution in [0.1, 0.15) is 35.2 Å². The van der Waals surface area contributed by atoms with E-state index in [-0.39, 0.29) is 11.8 Å². The third-order valence-electron chi connectivity index (χ3n) is 4.83. The second kappa shape index (κ2) is 8.86. The summed E-state index contributed by atoms with van der Waals surface area (Å²) in [6, 6.07) is 16.9. The number of amides is 2. The first kappa shape index (κ1) is 18.5. The Kier molecular flexibility index (Phi) is 6.29. The van der Waals surface area contributed by atoms with Crippen molar-refractivity contribution >= 4 is 23.4 Å². The Labute approximate surface area is 159 Å². The zero-order chi connectivity index (χ0) is 18.4. The molecule has 1 N–H and O–H groups in total. The van der Waals surface area contributed by atoms with Gasteiger partial charge in [0, 0.05) is 36.6 Å². The minimum absolute atomic E-state index is 0.0396. The van der Waals surface area contributed by atoms with E-state index in [1.54, 1.807) is 0 Å². The van der Waals surface area contributed by atoms with Crippen molar-refractivity contribution in [3.8, 4) is 0 Å². The van der Waals surface area contributed by atoms with Gasteiger partial charge in [-0.25, -0.2) is 0 Å². The monoisotopic (exact) mass is 370 g/mol. The zero-order valence-electron chi connectivity index (χ0n) is 14.7. The smallest absolute Gasteiger partial charge is 0.253 e. The lowest BCUT2D eigenvalue weighted by molar-refractivity contribution is -0.122. The van der Waals surface area contributed by atoms with E-state index < -0.39 is 0 Å². The number of nitrogens with zero attached hydrogens (tertiary/aromatic N) is 1. The summed E-state index contributed by atoms with van der Waals surface area (Å²) in [6.45, 7) is 1.86. The molecule has 4 nitrogen and oxygen atoms in total. The molecule has 1 aliphatic heterocycles. The number of nitrogens with one attached hydrogen (secondary N) is 1. The van der Waals surface area contributed by atoms with Crippen LogP contribution in [-0.4, -0.2) is 29.8 Å². The molecule has 136 valence electrons. The van der Waals surface area contributed by atoms with E-state index in [9.17, 15) is 9.59 Å². The Balaban J connectivity index is 1.43. The molecular formula is C21H23ClN2O2. The highest BCUT2D eigenvalue weighted by Gasteiger charge is 2.25. The zero-order valence-corrected chi connectivity index (χ0v) is 15.4. The summed E-state index contributed by atoms with van der Waals surface area (Å²) in [6.07, 6.45) is 2.22. The number of piperidine rings is 1. The summed E-state index contributed by atoms with van der Waals surface area (Å²) in [5, 5.41) is 3.61. The third kappa shape index (κ3) is 4.85. The summed E-state index contributed by atoms with van der Waals surface area (Å²) in [5.74, 6) is 0.436. The van der Waals surface area contributed by atoms with Gasteiger partial charge in [-0.2, -0.15) is 0 Å². The van der Waals surface area contributed by atoms with Gasteiger partial charge in [-0.15, -0.1) is 0 Å². The van der Waals surface area contributed by atoms with Crippen LogP contribution in [0.3, 0.4) is 0 Å². The lowest BCUT2D eigenvalue weighted by Gasteiger charge is -2.31. The summed E-state index contributed by atoms with van der Waals surface area (Å²) >= 11 is 6.11. The number of carbonyl (C=O) groups is 2. The van der Waals surface area contributed by atoms with Crippen LogP contribution < -0.4 is 5.32 Å². The SMILES string of the molecule is O=C(CC1CCN(C(=O)c2ccccc2)CC1)NCc1ccccc1Cl. The molecule has 26 heavy (non-hydrogen) atoms. The second-order valence-corrected chi connectivity index (χ2v) is 7.08. The highest BCUT2D eigenvalue weighted by molar-refractivity contribution is 6.31. The van der Waals surface area contributed by atoms with Crippen molar-refractivity contribution in [3.05, 3.63) is 70.7 Å². The van der Waals surface area contributed by atoms with Gasteiger partial charge in [0.25, 0.3) is 5.91 Å². The van der Waals surface area contributed by atoms with Crippen LogP contribution in [-0.2, 0) is 11.3 Å². The van der Waals surface area contributed by atoms with Crippen LogP contribution in [0.2, 0.25) is 5.02 Å². The molecule has 1 saturated heterocycles. The summed E-state index contributed by atoms with van der Waals surface area (Å²) in [5.41, 5.74) is 1.65. The van der Waals surface area contributed by atoms with Crippen LogP contribution >= 0.6 is 11.6 Å². The minimum Gasteiger partial charge on any atom is -0.352 e. The fraction of sp³-hybridized carbons (Fsp3) is 0.333. The fourth-order valence-corrected chi connectivity index (χ4v) is 3.48. The van der Waals surface area contributed by atoms with Crippen molar-refractivity contribution in [3.63, 3.8) is 0 Å². The highest BCUT2D eigenvalue weighted by atomic mass is 35.5. The van der Waals surface area contributed by atoms with Gasteiger partial charge < -0.3 is 10.2 Å². The van der Waals surface area contributed by atoms with Gasteiger partial charge in [-0.3, -0.25) is 9.59 Å². The molecule has 1 aliphatic rings. The molecule has 0 saturated carbocycles. The molecule has 0 radical (unpaired) electrons. The predicted octanol–water partition coefficient (Wildman–Crippen LogP) is 3.90. The number of likely N-dealkylation sites (tertiary alicyclic amines) is 1. The van der Waals surface area contributed by atoms with Gasteiger partial charge in [0.05, 0.1) is 0 Å². The molecule has 0 unspecified atom stereocenters. The molecule has 1 fully saturated rings. The van der Waals surface area contributed by atoms with Crippen LogP contribution in [0.15, 0.2) is 54.6 Å². The summed E-state index contributed by atoms with van der Waals surface area (Å²) in [7, 11) is 0. The quantitative estimate of drug-likeness (QED) is 0.867. The van der Waals surface area contributed by atoms with Crippen molar-refractivity contribution in [2.45, 2.75) is 25.8 Å². The Morgan fingerprint density at radius 3 is 2.35 bits per heavy atom. The normalized spacial score (nSPS) is 14.9. The average Bonchev–Trinajstić information content (AvgIpc) is 2.68. The van der Waals surface area contributed by atoms with Gasteiger partial charge >= 0.3 is 0 Å². The first-order valence-corrected chi connectivity index (χ1v) is 9.35. The molecule has 0 aromatic heterocycles. The molecule has 2 aromatic rings. The van der Waals surface area contributed by atoms with Crippen LogP contribution in [0.25, 0.3) is 0 Å². The van der Waals surface area contributed by atoms with Gasteiger partial charge in [-0.1, -0.05) is 48.0 Å². The van der Waals surface area contributed by atoms with Gasteiger partial charge in [0.2, 0.25) is 5.91 Å². The van der Waals surface area contributed by atoms with Crippen molar-refractivity contribution in [1.29, 1.82) is 0 Å². The molecule has 0 atom stereocenters. The standard InChI is InChI=1S/C21H23ClN2O2/c22-19-9-5-4-8-18(19)15-23-20(25)14-16-10-12-24(13-11-16)21(26)17-6-2-1-3-7-17/h1-9,16H,10-15H2,(H,23,25). The maximum absolute atomic E-state index is 12.5. The molecule has 0 aliphatic carbocycles. The average molecular weight is 371 g/mol. The molecule has 2 aromatic carbocycles. The third-order valence-corrected chi connectivity index (χ3v) is 5.20. The van der Waals surface area contributed by atoms with Crippen LogP contribution in [0, 0.1) is 5.92 Å². The molecule has 1 heterocycles. The maximum Gasteiger partial charge on any atom is 0.253 e. The van der Waals surface area contributed by atoms with Gasteiger partial charge in [0.1, 0.15) is 0 Å². The van der Waals surface area contributed by atoms with E-state index in [2.05, 4.69) is 5.32 Å². The van der Waals surface area contributed by atoms with Gasteiger partial charge in [0.15, 0.2) is 0 Å². The van der Waals surface area contributed by atoms with Crippen molar-refractivity contribution < 1.29 is 9.59 Å². The molecular weight excluding hydrogens is 348 g/mol. The number of rotatable bonds is 5. The Morgan fingerprint density at radius 2 is 1.65 bits per heavy atom. The van der Waals surface area contributed by atoms with Crippen LogP contribution in [0.5, 0.6) is 0 Å². The number of hydrogen-bond acceptors (Lipinski definition) is 2.